The predicted molar refractivity (Wildman–Crippen MR) is 76.3 cm³/mol. The highest BCUT2D eigenvalue weighted by Crippen LogP contribution is 2.29. The first-order valence-electron chi connectivity index (χ1n) is 7.08. The van der Waals surface area contributed by atoms with Crippen LogP contribution in [-0.4, -0.2) is 32.1 Å². The summed E-state index contributed by atoms with van der Waals surface area (Å²) in [6.07, 6.45) is 3.13. The number of benzene rings is 1. The molecule has 1 aliphatic carbocycles. The van der Waals surface area contributed by atoms with E-state index in [4.69, 9.17) is 0 Å². The van der Waals surface area contributed by atoms with E-state index in [1.54, 1.807) is 0 Å². The summed E-state index contributed by atoms with van der Waals surface area (Å²) in [4.78, 5) is 14.0. The van der Waals surface area contributed by atoms with Crippen molar-refractivity contribution in [2.24, 2.45) is 0 Å². The van der Waals surface area contributed by atoms with Gasteiger partial charge in [0.05, 0.1) is 6.42 Å². The summed E-state index contributed by atoms with van der Waals surface area (Å²) in [6.45, 7) is 2.53. The lowest BCUT2D eigenvalue weighted by molar-refractivity contribution is -0.117. The summed E-state index contributed by atoms with van der Waals surface area (Å²) in [6, 6.07) is 7.05. The smallest absolute Gasteiger partial charge is 0.231 e. The average molecular weight is 259 g/mol. The number of rotatable bonds is 6. The minimum atomic E-state index is 0.231. The quantitative estimate of drug-likeness (QED) is 0.802. The van der Waals surface area contributed by atoms with Crippen LogP contribution in [0.1, 0.15) is 24.0 Å². The Bertz CT molecular complexity index is 482. The second-order valence-electron chi connectivity index (χ2n) is 5.44. The maximum absolute atomic E-state index is 12.1. The van der Waals surface area contributed by atoms with Crippen LogP contribution in [0.2, 0.25) is 0 Å². The zero-order valence-corrected chi connectivity index (χ0v) is 11.4. The van der Waals surface area contributed by atoms with Gasteiger partial charge in [0.1, 0.15) is 0 Å². The summed E-state index contributed by atoms with van der Waals surface area (Å²) in [5, 5.41) is 6.61. The first-order valence-corrected chi connectivity index (χ1v) is 7.08. The van der Waals surface area contributed by atoms with Gasteiger partial charge in [-0.25, -0.2) is 0 Å². The highest BCUT2D eigenvalue weighted by molar-refractivity contribution is 6.01. The number of carbonyl (C=O) groups is 1. The van der Waals surface area contributed by atoms with Gasteiger partial charge in [0.15, 0.2) is 0 Å². The molecule has 1 aromatic carbocycles. The number of fused-ring (bicyclic) bond motifs is 1. The fourth-order valence-corrected chi connectivity index (χ4v) is 2.66. The maximum atomic E-state index is 12.1. The number of carbonyl (C=O) groups excluding carboxylic acids is 1. The molecule has 0 atom stereocenters. The lowest BCUT2D eigenvalue weighted by Gasteiger charge is -2.18. The lowest BCUT2D eigenvalue weighted by atomic mass is 10.1. The first kappa shape index (κ1) is 12.6. The molecule has 0 aromatic heterocycles. The second-order valence-corrected chi connectivity index (χ2v) is 5.44. The molecule has 1 amide bonds. The zero-order valence-electron chi connectivity index (χ0n) is 11.4. The van der Waals surface area contributed by atoms with Crippen molar-refractivity contribution in [3.8, 4) is 0 Å². The molecule has 1 fully saturated rings. The molecule has 0 radical (unpaired) electrons. The SMILES string of the molecule is CNCc1ccc2c(c1)CC(=O)N2CCNC1CC1. The van der Waals surface area contributed by atoms with Gasteiger partial charge in [0.25, 0.3) is 0 Å². The molecule has 19 heavy (non-hydrogen) atoms. The van der Waals surface area contributed by atoms with Crippen LogP contribution >= 0.6 is 0 Å². The molecular weight excluding hydrogens is 238 g/mol. The molecule has 2 aliphatic rings. The molecule has 1 heterocycles. The van der Waals surface area contributed by atoms with Crippen LogP contribution in [0.3, 0.4) is 0 Å². The van der Waals surface area contributed by atoms with Crippen LogP contribution in [0, 0.1) is 0 Å². The number of hydrogen-bond acceptors (Lipinski definition) is 3. The minimum absolute atomic E-state index is 0.231. The highest BCUT2D eigenvalue weighted by Gasteiger charge is 2.27. The van der Waals surface area contributed by atoms with Crippen molar-refractivity contribution in [2.75, 3.05) is 25.0 Å². The van der Waals surface area contributed by atoms with Crippen molar-refractivity contribution in [1.29, 1.82) is 0 Å². The Morgan fingerprint density at radius 1 is 1.37 bits per heavy atom. The Kier molecular flexibility index (Phi) is 3.53. The molecule has 2 N–H and O–H groups in total. The van der Waals surface area contributed by atoms with Crippen LogP contribution in [0.4, 0.5) is 5.69 Å². The van der Waals surface area contributed by atoms with E-state index in [0.29, 0.717) is 12.5 Å². The third-order valence-corrected chi connectivity index (χ3v) is 3.80. The van der Waals surface area contributed by atoms with Crippen molar-refractivity contribution >= 4 is 11.6 Å². The molecule has 3 rings (SSSR count). The van der Waals surface area contributed by atoms with E-state index in [9.17, 15) is 4.79 Å². The summed E-state index contributed by atoms with van der Waals surface area (Å²) >= 11 is 0. The fraction of sp³-hybridized carbons (Fsp3) is 0.533. The van der Waals surface area contributed by atoms with E-state index in [0.717, 1.165) is 25.3 Å². The van der Waals surface area contributed by atoms with Gasteiger partial charge < -0.3 is 15.5 Å². The molecule has 0 spiro atoms. The van der Waals surface area contributed by atoms with Gasteiger partial charge in [-0.3, -0.25) is 4.79 Å². The van der Waals surface area contributed by atoms with E-state index in [2.05, 4.69) is 28.8 Å². The third-order valence-electron chi connectivity index (χ3n) is 3.80. The molecule has 4 nitrogen and oxygen atoms in total. The molecule has 102 valence electrons. The average Bonchev–Trinajstić information content (AvgIpc) is 3.15. The predicted octanol–water partition coefficient (Wildman–Crippen LogP) is 1.05. The van der Waals surface area contributed by atoms with Gasteiger partial charge >= 0.3 is 0 Å². The molecule has 0 unspecified atom stereocenters. The van der Waals surface area contributed by atoms with Crippen molar-refractivity contribution < 1.29 is 4.79 Å². The monoisotopic (exact) mass is 259 g/mol. The van der Waals surface area contributed by atoms with E-state index in [1.165, 1.54) is 24.0 Å². The number of nitrogens with one attached hydrogen (secondary N) is 2. The number of nitrogens with zero attached hydrogens (tertiary/aromatic N) is 1. The van der Waals surface area contributed by atoms with Crippen molar-refractivity contribution in [3.63, 3.8) is 0 Å². The molecule has 0 bridgehead atoms. The van der Waals surface area contributed by atoms with Crippen LogP contribution in [0.5, 0.6) is 0 Å². The normalized spacial score (nSPS) is 17.9. The summed E-state index contributed by atoms with van der Waals surface area (Å²) in [5.41, 5.74) is 3.51. The van der Waals surface area contributed by atoms with Crippen LogP contribution in [0.15, 0.2) is 18.2 Å². The maximum Gasteiger partial charge on any atom is 0.231 e. The molecule has 1 aliphatic heterocycles. The van der Waals surface area contributed by atoms with Crippen molar-refractivity contribution in [2.45, 2.75) is 31.8 Å². The summed E-state index contributed by atoms with van der Waals surface area (Å²) < 4.78 is 0. The number of amides is 1. The Balaban J connectivity index is 1.67. The van der Waals surface area contributed by atoms with Crippen molar-refractivity contribution in [1.82, 2.24) is 10.6 Å². The van der Waals surface area contributed by atoms with E-state index < -0.39 is 0 Å². The van der Waals surface area contributed by atoms with E-state index in [-0.39, 0.29) is 5.91 Å². The molecule has 0 saturated heterocycles. The Morgan fingerprint density at radius 3 is 2.95 bits per heavy atom. The standard InChI is InChI=1S/C15H21N3O/c1-16-10-11-2-5-14-12(8-11)9-15(19)18(14)7-6-17-13-3-4-13/h2,5,8,13,16-17H,3-4,6-7,9-10H2,1H3. The van der Waals surface area contributed by atoms with Gasteiger partial charge in [-0.2, -0.15) is 0 Å². The highest BCUT2D eigenvalue weighted by atomic mass is 16.2. The largest absolute Gasteiger partial charge is 0.316 e. The minimum Gasteiger partial charge on any atom is -0.316 e. The fourth-order valence-electron chi connectivity index (χ4n) is 2.66. The topological polar surface area (TPSA) is 44.4 Å². The van der Waals surface area contributed by atoms with Crippen LogP contribution in [0.25, 0.3) is 0 Å². The van der Waals surface area contributed by atoms with Crippen molar-refractivity contribution in [3.05, 3.63) is 29.3 Å². The molecular formula is C15H21N3O. The zero-order chi connectivity index (χ0) is 13.2. The lowest BCUT2D eigenvalue weighted by Crippen LogP contribution is -2.35. The molecule has 1 aromatic rings. The van der Waals surface area contributed by atoms with E-state index >= 15 is 0 Å². The van der Waals surface area contributed by atoms with Gasteiger partial charge in [-0.05, 0) is 37.1 Å². The van der Waals surface area contributed by atoms with Gasteiger partial charge in [-0.15, -0.1) is 0 Å². The Labute approximate surface area is 114 Å². The molecule has 4 heteroatoms. The van der Waals surface area contributed by atoms with Gasteiger partial charge in [-0.1, -0.05) is 12.1 Å². The van der Waals surface area contributed by atoms with Gasteiger partial charge in [0.2, 0.25) is 5.91 Å². The third kappa shape index (κ3) is 2.80. The second kappa shape index (κ2) is 5.31. The van der Waals surface area contributed by atoms with Crippen LogP contribution < -0.4 is 15.5 Å². The number of anilines is 1. The number of hydrogen-bond donors (Lipinski definition) is 2. The summed E-state index contributed by atoms with van der Waals surface area (Å²) in [5.74, 6) is 0.231. The Morgan fingerprint density at radius 2 is 2.21 bits per heavy atom. The van der Waals surface area contributed by atoms with E-state index in [1.807, 2.05) is 11.9 Å². The molecule has 1 saturated carbocycles. The van der Waals surface area contributed by atoms with Crippen LogP contribution in [-0.2, 0) is 17.8 Å². The Hall–Kier alpha value is -1.39. The summed E-state index contributed by atoms with van der Waals surface area (Å²) in [7, 11) is 1.94. The first-order chi connectivity index (χ1) is 9.28. The van der Waals surface area contributed by atoms with Gasteiger partial charge in [0, 0.05) is 31.4 Å².